The molecule has 1 aromatic carbocycles. The summed E-state index contributed by atoms with van der Waals surface area (Å²) in [7, 11) is 3.07. The van der Waals surface area contributed by atoms with Gasteiger partial charge in [0.15, 0.2) is 11.5 Å². The van der Waals surface area contributed by atoms with Crippen LogP contribution < -0.4 is 9.47 Å². The van der Waals surface area contributed by atoms with Gasteiger partial charge in [0.05, 0.1) is 32.5 Å². The molecule has 0 radical (unpaired) electrons. The van der Waals surface area contributed by atoms with Gasteiger partial charge in [0.2, 0.25) is 0 Å². The number of nitrogens with zero attached hydrogens (tertiary/aromatic N) is 2. The van der Waals surface area contributed by atoms with Crippen LogP contribution in [-0.2, 0) is 9.53 Å². The van der Waals surface area contributed by atoms with Gasteiger partial charge in [0.25, 0.3) is 0 Å². The molecule has 1 aromatic rings. The van der Waals surface area contributed by atoms with E-state index < -0.39 is 0 Å². The molecule has 136 valence electrons. The maximum Gasteiger partial charge on any atom is 0.307 e. The van der Waals surface area contributed by atoms with Gasteiger partial charge in [-0.05, 0) is 43.9 Å². The summed E-state index contributed by atoms with van der Waals surface area (Å²) in [6.07, 6.45) is 6.17. The van der Waals surface area contributed by atoms with Crippen LogP contribution in [0.1, 0.15) is 44.1 Å². The van der Waals surface area contributed by atoms with E-state index in [1.165, 1.54) is 20.0 Å². The van der Waals surface area contributed by atoms with Gasteiger partial charge >= 0.3 is 5.97 Å². The lowest BCUT2D eigenvalue weighted by molar-refractivity contribution is -0.140. The number of carbonyl (C=O) groups excluding carboxylic acids is 1. The van der Waals surface area contributed by atoms with E-state index in [9.17, 15) is 4.79 Å². The average molecular weight is 346 g/mol. The first kappa shape index (κ1) is 17.6. The van der Waals surface area contributed by atoms with Crippen molar-refractivity contribution in [1.29, 1.82) is 0 Å². The molecule has 0 saturated heterocycles. The van der Waals surface area contributed by atoms with Crippen molar-refractivity contribution in [3.63, 3.8) is 0 Å². The van der Waals surface area contributed by atoms with Crippen LogP contribution >= 0.6 is 0 Å². The van der Waals surface area contributed by atoms with Crippen LogP contribution in [0.2, 0.25) is 0 Å². The Morgan fingerprint density at radius 2 is 2.04 bits per heavy atom. The van der Waals surface area contributed by atoms with Crippen molar-refractivity contribution in [3.05, 3.63) is 23.8 Å². The van der Waals surface area contributed by atoms with Crippen LogP contribution in [-0.4, -0.2) is 50.1 Å². The van der Waals surface area contributed by atoms with E-state index in [2.05, 4.69) is 9.84 Å². The van der Waals surface area contributed by atoms with Gasteiger partial charge in [-0.15, -0.1) is 0 Å². The number of methoxy groups -OCH3 is 2. The molecule has 0 aromatic heterocycles. The maximum absolute atomic E-state index is 11.3. The fourth-order valence-corrected chi connectivity index (χ4v) is 3.33. The summed E-state index contributed by atoms with van der Waals surface area (Å²) in [5, 5.41) is 6.56. The van der Waals surface area contributed by atoms with Crippen LogP contribution in [0.25, 0.3) is 0 Å². The molecule has 0 unspecified atom stereocenters. The molecular formula is C19H26N2O4. The van der Waals surface area contributed by atoms with E-state index in [1.807, 2.05) is 23.2 Å². The SMILES string of the molecule is COC(=O)CCN1CCC(c2ccc(OC)c(OC3CCCC3)c2)=N1. The zero-order valence-electron chi connectivity index (χ0n) is 15.0. The molecule has 0 bridgehead atoms. The molecule has 6 nitrogen and oxygen atoms in total. The van der Waals surface area contributed by atoms with Crippen LogP contribution in [0.5, 0.6) is 11.5 Å². The minimum absolute atomic E-state index is 0.208. The predicted octanol–water partition coefficient (Wildman–Crippen LogP) is 2.99. The molecule has 0 amide bonds. The van der Waals surface area contributed by atoms with Crippen LogP contribution in [0.4, 0.5) is 0 Å². The van der Waals surface area contributed by atoms with E-state index in [0.717, 1.165) is 48.6 Å². The Bertz CT molecular complexity index is 638. The molecule has 1 saturated carbocycles. The molecule has 1 aliphatic heterocycles. The van der Waals surface area contributed by atoms with Gasteiger partial charge in [-0.2, -0.15) is 5.10 Å². The number of rotatable bonds is 7. The quantitative estimate of drug-likeness (QED) is 0.710. The summed E-state index contributed by atoms with van der Waals surface area (Å²) in [5.74, 6) is 1.35. The fourth-order valence-electron chi connectivity index (χ4n) is 3.33. The lowest BCUT2D eigenvalue weighted by atomic mass is 10.1. The monoisotopic (exact) mass is 346 g/mol. The van der Waals surface area contributed by atoms with E-state index in [1.54, 1.807) is 7.11 Å². The molecule has 1 aliphatic carbocycles. The first-order valence-corrected chi connectivity index (χ1v) is 8.94. The first-order valence-electron chi connectivity index (χ1n) is 8.94. The second kappa shape index (κ2) is 8.23. The molecule has 25 heavy (non-hydrogen) atoms. The van der Waals surface area contributed by atoms with Crippen molar-refractivity contribution >= 4 is 11.7 Å². The first-order chi connectivity index (χ1) is 12.2. The third-order valence-electron chi connectivity index (χ3n) is 4.76. The van der Waals surface area contributed by atoms with Gasteiger partial charge in [-0.1, -0.05) is 0 Å². The number of carbonyl (C=O) groups is 1. The van der Waals surface area contributed by atoms with Crippen LogP contribution in [0.3, 0.4) is 0 Å². The number of ether oxygens (including phenoxy) is 3. The van der Waals surface area contributed by atoms with Gasteiger partial charge in [0, 0.05) is 25.1 Å². The Kier molecular flexibility index (Phi) is 5.79. The van der Waals surface area contributed by atoms with Gasteiger partial charge in [-0.25, -0.2) is 0 Å². The summed E-state index contributed by atoms with van der Waals surface area (Å²) in [4.78, 5) is 11.3. The van der Waals surface area contributed by atoms with E-state index in [-0.39, 0.29) is 12.1 Å². The standard InChI is InChI=1S/C19H26N2O4/c1-23-17-8-7-14(13-18(17)25-15-5-3-4-6-15)16-9-11-21(20-16)12-10-19(22)24-2/h7-8,13,15H,3-6,9-12H2,1-2H3. The van der Waals surface area contributed by atoms with Gasteiger partial charge in [0.1, 0.15) is 0 Å². The molecule has 2 aliphatic rings. The molecule has 1 heterocycles. The summed E-state index contributed by atoms with van der Waals surface area (Å²) in [5.41, 5.74) is 2.07. The third-order valence-corrected chi connectivity index (χ3v) is 4.76. The lowest BCUT2D eigenvalue weighted by Crippen LogP contribution is -2.18. The van der Waals surface area contributed by atoms with Crippen molar-refractivity contribution in [3.8, 4) is 11.5 Å². The molecule has 0 atom stereocenters. The zero-order chi connectivity index (χ0) is 17.6. The van der Waals surface area contributed by atoms with E-state index in [4.69, 9.17) is 9.47 Å². The summed E-state index contributed by atoms with van der Waals surface area (Å²) in [6.45, 7) is 1.40. The highest BCUT2D eigenvalue weighted by Gasteiger charge is 2.21. The lowest BCUT2D eigenvalue weighted by Gasteiger charge is -2.16. The Morgan fingerprint density at radius 1 is 1.24 bits per heavy atom. The summed E-state index contributed by atoms with van der Waals surface area (Å²) in [6, 6.07) is 5.99. The number of hydrogen-bond donors (Lipinski definition) is 0. The Hall–Kier alpha value is -2.24. The number of hydrogen-bond acceptors (Lipinski definition) is 6. The summed E-state index contributed by atoms with van der Waals surface area (Å²) < 4.78 is 16.3. The Morgan fingerprint density at radius 3 is 2.76 bits per heavy atom. The minimum Gasteiger partial charge on any atom is -0.493 e. The molecule has 3 rings (SSSR count). The number of esters is 1. The minimum atomic E-state index is -0.208. The van der Waals surface area contributed by atoms with E-state index in [0.29, 0.717) is 13.0 Å². The van der Waals surface area contributed by atoms with Crippen molar-refractivity contribution in [2.75, 3.05) is 27.3 Å². The zero-order valence-corrected chi connectivity index (χ0v) is 15.0. The average Bonchev–Trinajstić information content (AvgIpc) is 3.31. The smallest absolute Gasteiger partial charge is 0.307 e. The molecule has 0 N–H and O–H groups in total. The molecule has 6 heteroatoms. The molecular weight excluding hydrogens is 320 g/mol. The van der Waals surface area contributed by atoms with Crippen molar-refractivity contribution in [2.45, 2.75) is 44.6 Å². The highest BCUT2D eigenvalue weighted by atomic mass is 16.5. The van der Waals surface area contributed by atoms with Gasteiger partial charge in [-0.3, -0.25) is 9.80 Å². The van der Waals surface area contributed by atoms with Crippen LogP contribution in [0, 0.1) is 0 Å². The fraction of sp³-hybridized carbons (Fsp3) is 0.579. The molecule has 0 spiro atoms. The molecule has 1 fully saturated rings. The maximum atomic E-state index is 11.3. The highest BCUT2D eigenvalue weighted by molar-refractivity contribution is 6.01. The highest BCUT2D eigenvalue weighted by Crippen LogP contribution is 2.33. The predicted molar refractivity (Wildman–Crippen MR) is 95.2 cm³/mol. The Balaban J connectivity index is 1.70. The summed E-state index contributed by atoms with van der Waals surface area (Å²) >= 11 is 0. The normalized spacial score (nSPS) is 17.5. The second-order valence-corrected chi connectivity index (χ2v) is 6.47. The van der Waals surface area contributed by atoms with Crippen molar-refractivity contribution < 1.29 is 19.0 Å². The number of hydrazone groups is 1. The largest absolute Gasteiger partial charge is 0.493 e. The van der Waals surface area contributed by atoms with Crippen LogP contribution in [0.15, 0.2) is 23.3 Å². The topological polar surface area (TPSA) is 60.4 Å². The van der Waals surface area contributed by atoms with Gasteiger partial charge < -0.3 is 14.2 Å². The van der Waals surface area contributed by atoms with Crippen molar-refractivity contribution in [1.82, 2.24) is 5.01 Å². The Labute approximate surface area is 148 Å². The number of benzene rings is 1. The third kappa shape index (κ3) is 4.44. The van der Waals surface area contributed by atoms with E-state index >= 15 is 0 Å². The van der Waals surface area contributed by atoms with Crippen molar-refractivity contribution in [2.24, 2.45) is 5.10 Å². The second-order valence-electron chi connectivity index (χ2n) is 6.47.